The van der Waals surface area contributed by atoms with Crippen LogP contribution in [0.25, 0.3) is 11.3 Å². The van der Waals surface area contributed by atoms with Crippen molar-refractivity contribution in [3.8, 4) is 22.8 Å². The van der Waals surface area contributed by atoms with Crippen LogP contribution in [0.3, 0.4) is 0 Å². The predicted octanol–water partition coefficient (Wildman–Crippen LogP) is 3.40. The van der Waals surface area contributed by atoms with Crippen molar-refractivity contribution in [3.05, 3.63) is 60.0 Å². The van der Waals surface area contributed by atoms with E-state index in [1.807, 2.05) is 12.1 Å². The number of benzene rings is 1. The Morgan fingerprint density at radius 3 is 2.53 bits per heavy atom. The van der Waals surface area contributed by atoms with Gasteiger partial charge in [-0.15, -0.1) is 0 Å². The first-order chi connectivity index (χ1) is 15.3. The van der Waals surface area contributed by atoms with E-state index in [9.17, 15) is 18.0 Å². The quantitative estimate of drug-likeness (QED) is 0.405. The fraction of sp³-hybridized carbons (Fsp3) is 0.238. The van der Waals surface area contributed by atoms with Crippen LogP contribution < -0.4 is 19.8 Å². The first-order valence-corrected chi connectivity index (χ1v) is 10.3. The van der Waals surface area contributed by atoms with E-state index < -0.39 is 11.9 Å². The van der Waals surface area contributed by atoms with Gasteiger partial charge in [-0.05, 0) is 24.3 Å². The highest BCUT2D eigenvalue weighted by atomic mass is 32.2. The average molecular weight is 465 g/mol. The number of ether oxygens (including phenoxy) is 2. The van der Waals surface area contributed by atoms with Gasteiger partial charge in [0.1, 0.15) is 12.2 Å². The number of nitrogens with one attached hydrogen (secondary N) is 2. The number of H-pyrrole nitrogens is 1. The van der Waals surface area contributed by atoms with Crippen LogP contribution in [0.1, 0.15) is 11.4 Å². The predicted molar refractivity (Wildman–Crippen MR) is 111 cm³/mol. The Hall–Kier alpha value is -3.34. The molecule has 0 aliphatic heterocycles. The molecule has 0 spiro atoms. The lowest BCUT2D eigenvalue weighted by atomic mass is 10.1. The number of alkyl halides is 3. The highest BCUT2D eigenvalue weighted by Crippen LogP contribution is 2.35. The number of aromatic amines is 1. The number of hydrogen-bond acceptors (Lipinski definition) is 6. The number of nitrogens with zero attached hydrogens (tertiary/aromatic N) is 2. The summed E-state index contributed by atoms with van der Waals surface area (Å²) in [6.07, 6.45) is -2.95. The number of aromatic nitrogens is 3. The minimum absolute atomic E-state index is 0.0510. The summed E-state index contributed by atoms with van der Waals surface area (Å²) in [4.78, 5) is 22.9. The molecule has 3 aromatic rings. The summed E-state index contributed by atoms with van der Waals surface area (Å²) in [5.74, 6) is 0.284. The van der Waals surface area contributed by atoms with Gasteiger partial charge in [-0.1, -0.05) is 17.8 Å². The maximum Gasteiger partial charge on any atom is 0.433 e. The van der Waals surface area contributed by atoms with Gasteiger partial charge in [-0.25, -0.2) is 15.0 Å². The van der Waals surface area contributed by atoms with Crippen LogP contribution >= 0.6 is 11.8 Å². The fourth-order valence-electron chi connectivity index (χ4n) is 2.69. The molecule has 0 bridgehead atoms. The Morgan fingerprint density at radius 1 is 1.09 bits per heavy atom. The summed E-state index contributed by atoms with van der Waals surface area (Å²) < 4.78 is 50.6. The molecule has 0 saturated heterocycles. The van der Waals surface area contributed by atoms with Crippen LogP contribution in [0.2, 0.25) is 0 Å². The molecule has 2 heterocycles. The lowest BCUT2D eigenvalue weighted by molar-refractivity contribution is -0.390. The van der Waals surface area contributed by atoms with Crippen molar-refractivity contribution >= 4 is 17.7 Å². The number of halogens is 3. The number of methoxy groups -OCH3 is 2. The fourth-order valence-corrected chi connectivity index (χ4v) is 3.38. The van der Waals surface area contributed by atoms with E-state index in [1.54, 1.807) is 24.4 Å². The molecule has 0 aliphatic rings. The molecule has 0 radical (unpaired) electrons. The van der Waals surface area contributed by atoms with E-state index in [2.05, 4.69) is 20.3 Å². The molecule has 0 atom stereocenters. The molecule has 1 amide bonds. The van der Waals surface area contributed by atoms with Crippen molar-refractivity contribution in [2.24, 2.45) is 0 Å². The van der Waals surface area contributed by atoms with Crippen molar-refractivity contribution in [2.45, 2.75) is 17.9 Å². The number of thioether (sulfide) groups is 1. The summed E-state index contributed by atoms with van der Waals surface area (Å²) in [7, 11) is 2.88. The molecule has 168 valence electrons. The van der Waals surface area contributed by atoms with Gasteiger partial charge < -0.3 is 14.8 Å². The van der Waals surface area contributed by atoms with Crippen molar-refractivity contribution in [1.29, 1.82) is 0 Å². The molecule has 1 aromatic carbocycles. The van der Waals surface area contributed by atoms with Crippen LogP contribution in [-0.4, -0.2) is 35.8 Å². The molecule has 7 nitrogen and oxygen atoms in total. The third kappa shape index (κ3) is 6.10. The van der Waals surface area contributed by atoms with Gasteiger partial charge in [-0.3, -0.25) is 4.79 Å². The molecular weight excluding hydrogens is 445 g/mol. The van der Waals surface area contributed by atoms with E-state index in [0.29, 0.717) is 17.1 Å². The molecule has 3 rings (SSSR count). The maximum atomic E-state index is 13.4. The van der Waals surface area contributed by atoms with Gasteiger partial charge in [0.2, 0.25) is 5.91 Å². The zero-order valence-corrected chi connectivity index (χ0v) is 18.0. The van der Waals surface area contributed by atoms with Crippen molar-refractivity contribution < 1.29 is 32.4 Å². The summed E-state index contributed by atoms with van der Waals surface area (Å²) in [6.45, 7) is 0.264. The normalized spacial score (nSPS) is 11.2. The number of hydrogen-bond donors (Lipinski definition) is 1. The van der Waals surface area contributed by atoms with Crippen LogP contribution in [0.4, 0.5) is 13.2 Å². The highest BCUT2D eigenvalue weighted by molar-refractivity contribution is 7.99. The van der Waals surface area contributed by atoms with E-state index in [-0.39, 0.29) is 29.1 Å². The van der Waals surface area contributed by atoms with Crippen molar-refractivity contribution in [2.75, 3.05) is 20.0 Å². The highest BCUT2D eigenvalue weighted by Gasteiger charge is 2.34. The maximum absolute atomic E-state index is 13.4. The van der Waals surface area contributed by atoms with Gasteiger partial charge in [0.25, 0.3) is 0 Å². The molecule has 0 unspecified atom stereocenters. The largest absolute Gasteiger partial charge is 0.493 e. The lowest BCUT2D eigenvalue weighted by Crippen LogP contribution is -2.27. The Bertz CT molecular complexity index is 1080. The molecular formula is C21H20F3N4O3S+. The molecule has 2 N–H and O–H groups in total. The molecule has 0 aliphatic carbocycles. The lowest BCUT2D eigenvalue weighted by Gasteiger charge is -2.12. The van der Waals surface area contributed by atoms with Crippen molar-refractivity contribution in [1.82, 2.24) is 15.3 Å². The number of carbonyl (C=O) groups excluding carboxylic acids is 1. The van der Waals surface area contributed by atoms with E-state index in [1.165, 1.54) is 20.3 Å². The van der Waals surface area contributed by atoms with Gasteiger partial charge in [0.05, 0.1) is 25.7 Å². The molecule has 32 heavy (non-hydrogen) atoms. The summed E-state index contributed by atoms with van der Waals surface area (Å²) in [5, 5.41) is 2.53. The first kappa shape index (κ1) is 23.3. The first-order valence-electron chi connectivity index (χ1n) is 9.34. The van der Waals surface area contributed by atoms with Crippen LogP contribution in [0, 0.1) is 0 Å². The van der Waals surface area contributed by atoms with Gasteiger partial charge in [0, 0.05) is 17.7 Å². The van der Waals surface area contributed by atoms with Crippen LogP contribution in [-0.2, 0) is 17.5 Å². The second-order valence-electron chi connectivity index (χ2n) is 6.44. The summed E-state index contributed by atoms with van der Waals surface area (Å²) in [5.41, 5.74) is 0.132. The zero-order chi connectivity index (χ0) is 23.1. The number of carbonyl (C=O) groups is 1. The van der Waals surface area contributed by atoms with E-state index >= 15 is 0 Å². The smallest absolute Gasteiger partial charge is 0.433 e. The third-order valence-electron chi connectivity index (χ3n) is 4.26. The second kappa shape index (κ2) is 10.3. The zero-order valence-electron chi connectivity index (χ0n) is 17.2. The third-order valence-corrected chi connectivity index (χ3v) is 5.10. The topological polar surface area (TPSA) is 87.5 Å². The van der Waals surface area contributed by atoms with E-state index in [0.717, 1.165) is 23.5 Å². The summed E-state index contributed by atoms with van der Waals surface area (Å²) >= 11 is 0.820. The Kier molecular flexibility index (Phi) is 7.52. The minimum atomic E-state index is -4.67. The molecule has 0 saturated carbocycles. The van der Waals surface area contributed by atoms with Crippen LogP contribution in [0.5, 0.6) is 11.5 Å². The van der Waals surface area contributed by atoms with Gasteiger partial charge >= 0.3 is 6.18 Å². The monoisotopic (exact) mass is 465 g/mol. The van der Waals surface area contributed by atoms with Gasteiger partial charge in [-0.2, -0.15) is 13.2 Å². The second-order valence-corrected chi connectivity index (χ2v) is 7.38. The molecule has 11 heteroatoms. The number of amides is 1. The van der Waals surface area contributed by atoms with E-state index in [4.69, 9.17) is 9.47 Å². The molecule has 0 fully saturated rings. The molecule has 2 aromatic heterocycles. The standard InChI is InChI=1S/C21H19F3N4O3S/c1-30-16-7-6-13(9-17(16)31-2)15-10-18(21(22,23)24)28-20(27-15)32-12-19(29)26-11-14-5-3-4-8-25-14/h3-10H,11-12H2,1-2H3,(H,26,29)/p+1. The Balaban J connectivity index is 1.79. The number of pyridine rings is 1. The average Bonchev–Trinajstić information content (AvgIpc) is 2.80. The van der Waals surface area contributed by atoms with Gasteiger partial charge in [0.15, 0.2) is 28.5 Å². The summed E-state index contributed by atoms with van der Waals surface area (Å²) in [6, 6.07) is 11.0. The van der Waals surface area contributed by atoms with Crippen LogP contribution in [0.15, 0.2) is 53.8 Å². The Morgan fingerprint density at radius 2 is 1.88 bits per heavy atom. The minimum Gasteiger partial charge on any atom is -0.493 e. The van der Waals surface area contributed by atoms with Crippen molar-refractivity contribution in [3.63, 3.8) is 0 Å². The Labute approximate surface area is 186 Å². The SMILES string of the molecule is COc1ccc(-c2cc(C(F)(F)F)nc(SCC(=O)NCc3cccc[nH+]3)n2)cc1OC. The number of rotatable bonds is 8.